The highest BCUT2D eigenvalue weighted by Gasteiger charge is 2.27. The highest BCUT2D eigenvalue weighted by molar-refractivity contribution is 7.13. The molecule has 0 radical (unpaired) electrons. The van der Waals surface area contributed by atoms with Gasteiger partial charge in [0, 0.05) is 32.7 Å². The summed E-state index contributed by atoms with van der Waals surface area (Å²) in [7, 11) is 1.28. The fourth-order valence-electron chi connectivity index (χ4n) is 2.67. The molecule has 0 spiro atoms. The molecule has 0 saturated carbocycles. The Bertz CT molecular complexity index is 948. The molecule has 0 amide bonds. The van der Waals surface area contributed by atoms with Gasteiger partial charge >= 0.3 is 6.16 Å². The van der Waals surface area contributed by atoms with Crippen molar-refractivity contribution in [3.63, 3.8) is 0 Å². The predicted molar refractivity (Wildman–Crippen MR) is 93.3 cm³/mol. The number of carbonyl (C=O) groups is 1. The molecule has 1 aromatic heterocycles. The van der Waals surface area contributed by atoms with Gasteiger partial charge in [0.15, 0.2) is 5.06 Å². The summed E-state index contributed by atoms with van der Waals surface area (Å²) in [5, 5.41) is 2.95. The highest BCUT2D eigenvalue weighted by atomic mass is 35.5. The number of rotatable bonds is 1. The van der Waals surface area contributed by atoms with Gasteiger partial charge in [-0.2, -0.15) is 0 Å². The van der Waals surface area contributed by atoms with Gasteiger partial charge in [0.1, 0.15) is 11.5 Å². The lowest BCUT2D eigenvalue weighted by molar-refractivity contribution is 0.123. The SMILES string of the molecule is COC(=O)Oc1scc2c1-c1cc(Cl)ccc1Oc1ccccc1-2. The van der Waals surface area contributed by atoms with Crippen LogP contribution in [0.5, 0.6) is 16.6 Å². The summed E-state index contributed by atoms with van der Waals surface area (Å²) in [5.74, 6) is 1.39. The van der Waals surface area contributed by atoms with E-state index in [4.69, 9.17) is 21.1 Å². The van der Waals surface area contributed by atoms with Crippen molar-refractivity contribution in [1.29, 1.82) is 0 Å². The van der Waals surface area contributed by atoms with Gasteiger partial charge < -0.3 is 14.2 Å². The van der Waals surface area contributed by atoms with Crippen LogP contribution in [0.3, 0.4) is 0 Å². The number of methoxy groups -OCH3 is 1. The molecule has 120 valence electrons. The van der Waals surface area contributed by atoms with Gasteiger partial charge in [-0.15, -0.1) is 11.3 Å². The lowest BCUT2D eigenvalue weighted by Crippen LogP contribution is -2.06. The van der Waals surface area contributed by atoms with E-state index >= 15 is 0 Å². The first-order chi connectivity index (χ1) is 11.7. The Morgan fingerprint density at radius 3 is 2.71 bits per heavy atom. The van der Waals surface area contributed by atoms with Gasteiger partial charge in [-0.1, -0.05) is 29.8 Å². The molecule has 24 heavy (non-hydrogen) atoms. The molecule has 0 atom stereocenters. The molecule has 6 heteroatoms. The Labute approximate surface area is 147 Å². The third-order valence-electron chi connectivity index (χ3n) is 3.71. The minimum atomic E-state index is -0.762. The fourth-order valence-corrected chi connectivity index (χ4v) is 3.76. The third-order valence-corrected chi connectivity index (χ3v) is 4.80. The highest BCUT2D eigenvalue weighted by Crippen LogP contribution is 2.53. The van der Waals surface area contributed by atoms with E-state index in [-0.39, 0.29) is 0 Å². The number of ether oxygens (including phenoxy) is 3. The van der Waals surface area contributed by atoms with E-state index < -0.39 is 6.16 Å². The zero-order chi connectivity index (χ0) is 16.7. The summed E-state index contributed by atoms with van der Waals surface area (Å²) in [6.45, 7) is 0. The second-order valence-electron chi connectivity index (χ2n) is 5.11. The molecule has 0 saturated heterocycles. The Balaban J connectivity index is 2.00. The summed E-state index contributed by atoms with van der Waals surface area (Å²) in [5.41, 5.74) is 3.40. The van der Waals surface area contributed by atoms with E-state index in [1.807, 2.05) is 35.7 Å². The third kappa shape index (κ3) is 2.42. The van der Waals surface area contributed by atoms with Crippen molar-refractivity contribution < 1.29 is 19.0 Å². The van der Waals surface area contributed by atoms with Crippen LogP contribution in [0.25, 0.3) is 22.3 Å². The Hall–Kier alpha value is -2.50. The molecule has 3 aromatic rings. The Morgan fingerprint density at radius 2 is 1.88 bits per heavy atom. The van der Waals surface area contributed by atoms with Crippen molar-refractivity contribution in [3.8, 4) is 38.8 Å². The van der Waals surface area contributed by atoms with Crippen molar-refractivity contribution in [3.05, 3.63) is 52.9 Å². The van der Waals surface area contributed by atoms with Crippen LogP contribution < -0.4 is 9.47 Å². The molecule has 0 bridgehead atoms. The van der Waals surface area contributed by atoms with Crippen LogP contribution in [0.4, 0.5) is 4.79 Å². The summed E-state index contributed by atoms with van der Waals surface area (Å²) in [6.07, 6.45) is -0.762. The molecule has 1 aliphatic heterocycles. The second kappa shape index (κ2) is 5.85. The molecule has 0 fully saturated rings. The topological polar surface area (TPSA) is 44.8 Å². The van der Waals surface area contributed by atoms with Gasteiger partial charge in [-0.25, -0.2) is 4.79 Å². The molecule has 0 N–H and O–H groups in total. The van der Waals surface area contributed by atoms with E-state index in [2.05, 4.69) is 4.74 Å². The lowest BCUT2D eigenvalue weighted by Gasteiger charge is -2.10. The van der Waals surface area contributed by atoms with Crippen LogP contribution >= 0.6 is 22.9 Å². The molecule has 2 aromatic carbocycles. The maximum atomic E-state index is 11.6. The minimum Gasteiger partial charge on any atom is -0.456 e. The molecule has 2 heterocycles. The van der Waals surface area contributed by atoms with E-state index in [1.54, 1.807) is 12.1 Å². The van der Waals surface area contributed by atoms with Crippen LogP contribution in [0.2, 0.25) is 5.02 Å². The predicted octanol–water partition coefficient (Wildman–Crippen LogP) is 5.99. The van der Waals surface area contributed by atoms with Gasteiger partial charge in [-0.3, -0.25) is 0 Å². The number of halogens is 1. The minimum absolute atomic E-state index is 0.445. The normalized spacial score (nSPS) is 11.4. The van der Waals surface area contributed by atoms with Crippen molar-refractivity contribution in [2.24, 2.45) is 0 Å². The van der Waals surface area contributed by atoms with Crippen LogP contribution in [-0.4, -0.2) is 13.3 Å². The molecule has 4 rings (SSSR count). The molecule has 0 aliphatic carbocycles. The molecular formula is C18H11ClO4S. The number of hydrogen-bond acceptors (Lipinski definition) is 5. The monoisotopic (exact) mass is 358 g/mol. The number of fused-ring (bicyclic) bond motifs is 5. The van der Waals surface area contributed by atoms with Crippen LogP contribution in [0.15, 0.2) is 47.8 Å². The second-order valence-corrected chi connectivity index (χ2v) is 6.39. The van der Waals surface area contributed by atoms with Crippen LogP contribution in [0.1, 0.15) is 0 Å². The van der Waals surface area contributed by atoms with E-state index in [1.165, 1.54) is 18.4 Å². The number of hydrogen-bond donors (Lipinski definition) is 0. The lowest BCUT2D eigenvalue weighted by atomic mass is 9.99. The van der Waals surface area contributed by atoms with Gasteiger partial charge in [0.2, 0.25) is 0 Å². The average Bonchev–Trinajstić information content (AvgIpc) is 2.93. The largest absolute Gasteiger partial charge is 0.514 e. The standard InChI is InChI=1S/C18H11ClO4S/c1-21-18(20)23-17-16-12-8-10(19)6-7-15(12)22-14-5-3-2-4-11(14)13(16)9-24-17/h2-9H,1H3. The maximum Gasteiger partial charge on any atom is 0.514 e. The Morgan fingerprint density at radius 1 is 1.08 bits per heavy atom. The molecule has 0 unspecified atom stereocenters. The first-order valence-electron chi connectivity index (χ1n) is 7.12. The number of carbonyl (C=O) groups excluding carboxylic acids is 1. The smallest absolute Gasteiger partial charge is 0.456 e. The molecular weight excluding hydrogens is 348 g/mol. The zero-order valence-electron chi connectivity index (χ0n) is 12.5. The number of thiophene rings is 1. The van der Waals surface area contributed by atoms with Crippen LogP contribution in [-0.2, 0) is 4.74 Å². The summed E-state index contributed by atoms with van der Waals surface area (Å²) in [6, 6.07) is 13.1. The first-order valence-corrected chi connectivity index (χ1v) is 8.37. The van der Waals surface area contributed by atoms with Gasteiger partial charge in [0.25, 0.3) is 0 Å². The number of benzene rings is 2. The summed E-state index contributed by atoms with van der Waals surface area (Å²) >= 11 is 7.51. The van der Waals surface area contributed by atoms with Gasteiger partial charge in [-0.05, 0) is 24.3 Å². The van der Waals surface area contributed by atoms with Crippen molar-refractivity contribution in [1.82, 2.24) is 0 Å². The van der Waals surface area contributed by atoms with Crippen molar-refractivity contribution >= 4 is 29.1 Å². The van der Waals surface area contributed by atoms with Crippen molar-refractivity contribution in [2.75, 3.05) is 7.11 Å². The quantitative estimate of drug-likeness (QED) is 0.392. The van der Waals surface area contributed by atoms with Gasteiger partial charge in [0.05, 0.1) is 7.11 Å². The maximum absolute atomic E-state index is 11.6. The van der Waals surface area contributed by atoms with Crippen molar-refractivity contribution in [2.45, 2.75) is 0 Å². The Kier molecular flexibility index (Phi) is 3.67. The fraction of sp³-hybridized carbons (Fsp3) is 0.0556. The summed E-state index contributed by atoms with van der Waals surface area (Å²) in [4.78, 5) is 11.6. The molecule has 4 nitrogen and oxygen atoms in total. The van der Waals surface area contributed by atoms with E-state index in [9.17, 15) is 4.79 Å². The van der Waals surface area contributed by atoms with E-state index in [0.717, 1.165) is 28.0 Å². The molecule has 1 aliphatic rings. The first kappa shape index (κ1) is 15.1. The summed E-state index contributed by atoms with van der Waals surface area (Å²) < 4.78 is 16.0. The van der Waals surface area contributed by atoms with Crippen LogP contribution in [0, 0.1) is 0 Å². The zero-order valence-corrected chi connectivity index (χ0v) is 14.1. The number of para-hydroxylation sites is 1. The van der Waals surface area contributed by atoms with E-state index in [0.29, 0.717) is 15.8 Å². The average molecular weight is 359 g/mol.